The molecule has 0 amide bonds. The van der Waals surface area contributed by atoms with Gasteiger partial charge in [-0.15, -0.1) is 0 Å². The highest BCUT2D eigenvalue weighted by molar-refractivity contribution is 5.84. The zero-order valence-electron chi connectivity index (χ0n) is 14.4. The van der Waals surface area contributed by atoms with E-state index in [9.17, 15) is 0 Å². The SMILES string of the molecule is C(#CC(C=Cc1ccccc1)c1c[nH]c2ccccc12)c1ccccc1. The summed E-state index contributed by atoms with van der Waals surface area (Å²) < 4.78 is 0. The number of fused-ring (bicyclic) bond motifs is 1. The lowest BCUT2D eigenvalue weighted by Gasteiger charge is -2.05. The second-order valence-electron chi connectivity index (χ2n) is 6.17. The molecule has 0 saturated heterocycles. The minimum absolute atomic E-state index is 0.0200. The predicted octanol–water partition coefficient (Wildman–Crippen LogP) is 6.02. The molecular formula is C25H19N. The van der Waals surface area contributed by atoms with Gasteiger partial charge in [-0.25, -0.2) is 0 Å². The zero-order valence-corrected chi connectivity index (χ0v) is 14.4. The van der Waals surface area contributed by atoms with Crippen LogP contribution in [-0.4, -0.2) is 4.98 Å². The van der Waals surface area contributed by atoms with Crippen molar-refractivity contribution in [1.29, 1.82) is 0 Å². The molecule has 0 saturated carbocycles. The Balaban J connectivity index is 1.74. The van der Waals surface area contributed by atoms with Crippen LogP contribution in [0.25, 0.3) is 17.0 Å². The molecule has 0 fully saturated rings. The summed E-state index contributed by atoms with van der Waals surface area (Å²) in [5, 5.41) is 1.22. The highest BCUT2D eigenvalue weighted by atomic mass is 14.7. The lowest BCUT2D eigenvalue weighted by molar-refractivity contribution is 1.15. The Kier molecular flexibility index (Phi) is 4.67. The van der Waals surface area contributed by atoms with Crippen LogP contribution in [0.3, 0.4) is 0 Å². The number of allylic oxidation sites excluding steroid dienone is 1. The average Bonchev–Trinajstić information content (AvgIpc) is 3.14. The van der Waals surface area contributed by atoms with Crippen LogP contribution in [0.1, 0.15) is 22.6 Å². The maximum absolute atomic E-state index is 3.44. The highest BCUT2D eigenvalue weighted by Crippen LogP contribution is 2.27. The van der Waals surface area contributed by atoms with Crippen molar-refractivity contribution in [2.75, 3.05) is 0 Å². The number of aromatic nitrogens is 1. The fourth-order valence-corrected chi connectivity index (χ4v) is 3.03. The molecule has 124 valence electrons. The van der Waals surface area contributed by atoms with Crippen LogP contribution in [0, 0.1) is 11.8 Å². The van der Waals surface area contributed by atoms with E-state index in [1.54, 1.807) is 0 Å². The minimum Gasteiger partial charge on any atom is -0.361 e. The van der Waals surface area contributed by atoms with Gasteiger partial charge in [0.15, 0.2) is 0 Å². The van der Waals surface area contributed by atoms with Crippen molar-refractivity contribution in [3.63, 3.8) is 0 Å². The van der Waals surface area contributed by atoms with Gasteiger partial charge in [-0.2, -0.15) is 0 Å². The first kappa shape index (κ1) is 16.0. The van der Waals surface area contributed by atoms with Gasteiger partial charge in [-0.3, -0.25) is 0 Å². The van der Waals surface area contributed by atoms with Gasteiger partial charge in [0.1, 0.15) is 0 Å². The molecule has 1 aromatic heterocycles. The van der Waals surface area contributed by atoms with Gasteiger partial charge < -0.3 is 4.98 Å². The third-order valence-electron chi connectivity index (χ3n) is 4.38. The maximum Gasteiger partial charge on any atom is 0.0660 e. The summed E-state index contributed by atoms with van der Waals surface area (Å²) in [5.41, 5.74) is 4.56. The van der Waals surface area contributed by atoms with Crippen LogP contribution >= 0.6 is 0 Å². The number of rotatable bonds is 3. The van der Waals surface area contributed by atoms with Gasteiger partial charge in [0.25, 0.3) is 0 Å². The molecule has 0 aliphatic carbocycles. The van der Waals surface area contributed by atoms with E-state index in [1.165, 1.54) is 16.5 Å². The third-order valence-corrected chi connectivity index (χ3v) is 4.38. The molecule has 1 nitrogen and oxygen atoms in total. The molecule has 0 radical (unpaired) electrons. The third kappa shape index (κ3) is 3.61. The van der Waals surface area contributed by atoms with Crippen LogP contribution in [0.5, 0.6) is 0 Å². The maximum atomic E-state index is 3.44. The standard InChI is InChI=1S/C25H19N/c1-3-9-20(10-4-1)15-17-22(18-16-21-11-5-2-6-12-21)24-19-26-25-14-8-7-13-23(24)25/h1-15,17,19,22,26H. The molecule has 26 heavy (non-hydrogen) atoms. The summed E-state index contributed by atoms with van der Waals surface area (Å²) in [6.45, 7) is 0. The van der Waals surface area contributed by atoms with Crippen molar-refractivity contribution in [3.8, 4) is 11.8 Å². The topological polar surface area (TPSA) is 15.8 Å². The van der Waals surface area contributed by atoms with Gasteiger partial charge in [0.2, 0.25) is 0 Å². The quantitative estimate of drug-likeness (QED) is 0.441. The van der Waals surface area contributed by atoms with Crippen molar-refractivity contribution >= 4 is 17.0 Å². The monoisotopic (exact) mass is 333 g/mol. The number of benzene rings is 3. The molecule has 0 bridgehead atoms. The number of hydrogen-bond acceptors (Lipinski definition) is 0. The first-order chi connectivity index (χ1) is 12.9. The minimum atomic E-state index is 0.0200. The van der Waals surface area contributed by atoms with Gasteiger partial charge >= 0.3 is 0 Å². The Morgan fingerprint density at radius 1 is 0.769 bits per heavy atom. The van der Waals surface area contributed by atoms with Crippen molar-refractivity contribution in [2.45, 2.75) is 5.92 Å². The van der Waals surface area contributed by atoms with Crippen molar-refractivity contribution < 1.29 is 0 Å². The molecule has 4 rings (SSSR count). The zero-order chi connectivity index (χ0) is 17.6. The van der Waals surface area contributed by atoms with Gasteiger partial charge in [0, 0.05) is 22.7 Å². The van der Waals surface area contributed by atoms with Crippen LogP contribution in [0.15, 0.2) is 97.2 Å². The molecule has 1 heteroatoms. The first-order valence-corrected chi connectivity index (χ1v) is 8.76. The summed E-state index contributed by atoms with van der Waals surface area (Å²) in [7, 11) is 0. The van der Waals surface area contributed by atoms with Gasteiger partial charge in [0.05, 0.1) is 5.92 Å². The molecule has 0 aliphatic rings. The molecule has 0 aliphatic heterocycles. The second kappa shape index (κ2) is 7.59. The molecular weight excluding hydrogens is 314 g/mol. The summed E-state index contributed by atoms with van der Waals surface area (Å²) in [6.07, 6.45) is 6.40. The van der Waals surface area contributed by atoms with E-state index in [0.29, 0.717) is 0 Å². The number of nitrogens with one attached hydrogen (secondary N) is 1. The van der Waals surface area contributed by atoms with Gasteiger partial charge in [-0.05, 0) is 29.3 Å². The summed E-state index contributed by atoms with van der Waals surface area (Å²) in [6, 6.07) is 28.8. The van der Waals surface area contributed by atoms with Crippen molar-refractivity contribution in [1.82, 2.24) is 4.98 Å². The summed E-state index contributed by atoms with van der Waals surface area (Å²) in [4.78, 5) is 3.36. The van der Waals surface area contributed by atoms with Crippen LogP contribution in [0.4, 0.5) is 0 Å². The lowest BCUT2D eigenvalue weighted by Crippen LogP contribution is -1.91. The molecule has 1 N–H and O–H groups in total. The van der Waals surface area contributed by atoms with E-state index in [-0.39, 0.29) is 5.92 Å². The number of aromatic amines is 1. The second-order valence-corrected chi connectivity index (χ2v) is 6.17. The largest absolute Gasteiger partial charge is 0.361 e. The van der Waals surface area contributed by atoms with Crippen LogP contribution in [-0.2, 0) is 0 Å². The predicted molar refractivity (Wildman–Crippen MR) is 110 cm³/mol. The number of hydrogen-bond donors (Lipinski definition) is 1. The van der Waals surface area contributed by atoms with Crippen LogP contribution < -0.4 is 0 Å². The molecule has 4 aromatic rings. The van der Waals surface area contributed by atoms with Crippen molar-refractivity contribution in [2.24, 2.45) is 0 Å². The normalized spacial score (nSPS) is 12.0. The smallest absolute Gasteiger partial charge is 0.0660 e. The highest BCUT2D eigenvalue weighted by Gasteiger charge is 2.10. The Morgan fingerprint density at radius 3 is 2.27 bits per heavy atom. The van der Waals surface area contributed by atoms with Gasteiger partial charge in [-0.1, -0.05) is 90.7 Å². The number of para-hydroxylation sites is 1. The molecule has 1 unspecified atom stereocenters. The van der Waals surface area contributed by atoms with E-state index in [4.69, 9.17) is 0 Å². The van der Waals surface area contributed by atoms with E-state index < -0.39 is 0 Å². The Morgan fingerprint density at radius 2 is 1.46 bits per heavy atom. The van der Waals surface area contributed by atoms with Crippen molar-refractivity contribution in [3.05, 3.63) is 114 Å². The molecule has 1 heterocycles. The Hall–Kier alpha value is -3.50. The lowest BCUT2D eigenvalue weighted by atomic mass is 9.97. The van der Waals surface area contributed by atoms with E-state index in [2.05, 4.69) is 77.6 Å². The summed E-state index contributed by atoms with van der Waals surface area (Å²) in [5.74, 6) is 6.78. The average molecular weight is 333 g/mol. The molecule has 0 spiro atoms. The molecule has 3 aromatic carbocycles. The Labute approximate surface area is 154 Å². The fourth-order valence-electron chi connectivity index (χ4n) is 3.03. The fraction of sp³-hybridized carbons (Fsp3) is 0.0400. The molecule has 1 atom stereocenters. The van der Waals surface area contributed by atoms with E-state index >= 15 is 0 Å². The first-order valence-electron chi connectivity index (χ1n) is 8.76. The van der Waals surface area contributed by atoms with E-state index in [0.717, 1.165) is 11.1 Å². The van der Waals surface area contributed by atoms with E-state index in [1.807, 2.05) is 42.5 Å². The summed E-state index contributed by atoms with van der Waals surface area (Å²) >= 11 is 0. The number of H-pyrrole nitrogens is 1. The van der Waals surface area contributed by atoms with Crippen LogP contribution in [0.2, 0.25) is 0 Å². The Bertz CT molecular complexity index is 1080.